The predicted octanol–water partition coefficient (Wildman–Crippen LogP) is 5.88. The molecule has 2 aromatic rings. The van der Waals surface area contributed by atoms with Gasteiger partial charge in [0.2, 0.25) is 7.37 Å². The van der Waals surface area contributed by atoms with Crippen molar-refractivity contribution in [2.24, 2.45) is 0 Å². The van der Waals surface area contributed by atoms with Crippen molar-refractivity contribution in [3.05, 3.63) is 52.6 Å². The van der Waals surface area contributed by atoms with Crippen molar-refractivity contribution in [1.29, 1.82) is 0 Å². The zero-order valence-electron chi connectivity index (χ0n) is 18.1. The molecule has 5 nitrogen and oxygen atoms in total. The van der Waals surface area contributed by atoms with Crippen molar-refractivity contribution in [2.45, 2.75) is 32.1 Å². The Hall–Kier alpha value is -1.46. The SMILES string of the molecule is CCOP(C)(=O)COc1cc(C)c(Cc2ccc(OCOC)c(SC)c2)c(C)c1. The van der Waals surface area contributed by atoms with E-state index >= 15 is 0 Å². The maximum Gasteiger partial charge on any atom is 0.236 e. The lowest BCUT2D eigenvalue weighted by Gasteiger charge is -2.17. The number of ether oxygens (including phenoxy) is 3. The predicted molar refractivity (Wildman–Crippen MR) is 120 cm³/mol. The van der Waals surface area contributed by atoms with Gasteiger partial charge in [0.25, 0.3) is 0 Å². The lowest BCUT2D eigenvalue weighted by atomic mass is 9.96. The van der Waals surface area contributed by atoms with Crippen LogP contribution in [0.1, 0.15) is 29.2 Å². The topological polar surface area (TPSA) is 54.0 Å². The second-order valence-electron chi connectivity index (χ2n) is 6.95. The molecule has 0 fully saturated rings. The van der Waals surface area contributed by atoms with E-state index in [4.69, 9.17) is 18.7 Å². The smallest absolute Gasteiger partial charge is 0.236 e. The Morgan fingerprint density at radius 3 is 2.34 bits per heavy atom. The van der Waals surface area contributed by atoms with Gasteiger partial charge >= 0.3 is 0 Å². The number of rotatable bonds is 11. The van der Waals surface area contributed by atoms with Gasteiger partial charge in [-0.2, -0.15) is 0 Å². The third-order valence-electron chi connectivity index (χ3n) is 4.48. The van der Waals surface area contributed by atoms with E-state index in [0.29, 0.717) is 6.61 Å². The molecule has 0 aliphatic carbocycles. The number of aryl methyl sites for hydroxylation is 2. The van der Waals surface area contributed by atoms with Crippen molar-refractivity contribution in [1.82, 2.24) is 0 Å². The summed E-state index contributed by atoms with van der Waals surface area (Å²) < 4.78 is 33.9. The second-order valence-corrected chi connectivity index (χ2v) is 10.3. The van der Waals surface area contributed by atoms with Gasteiger partial charge in [0, 0.05) is 18.7 Å². The number of thioether (sulfide) groups is 1. The van der Waals surface area contributed by atoms with Crippen molar-refractivity contribution >= 4 is 19.1 Å². The molecule has 1 unspecified atom stereocenters. The van der Waals surface area contributed by atoms with Crippen LogP contribution in [0.25, 0.3) is 0 Å². The number of benzene rings is 2. The molecular formula is C22H31O5PS. The minimum absolute atomic E-state index is 0.0824. The van der Waals surface area contributed by atoms with E-state index in [2.05, 4.69) is 26.0 Å². The van der Waals surface area contributed by atoms with Gasteiger partial charge in [-0.1, -0.05) is 6.07 Å². The maximum absolute atomic E-state index is 12.3. The van der Waals surface area contributed by atoms with Crippen LogP contribution in [0, 0.1) is 13.8 Å². The average molecular weight is 439 g/mol. The average Bonchev–Trinajstić information content (AvgIpc) is 2.68. The van der Waals surface area contributed by atoms with Crippen molar-refractivity contribution < 1.29 is 23.3 Å². The molecule has 29 heavy (non-hydrogen) atoms. The van der Waals surface area contributed by atoms with Crippen LogP contribution in [-0.4, -0.2) is 39.8 Å². The number of hydrogen-bond acceptors (Lipinski definition) is 6. The first-order valence-corrected chi connectivity index (χ1v) is 13.0. The quantitative estimate of drug-likeness (QED) is 0.248. The fourth-order valence-electron chi connectivity index (χ4n) is 3.09. The van der Waals surface area contributed by atoms with Crippen LogP contribution in [0.4, 0.5) is 0 Å². The molecule has 0 bridgehead atoms. The summed E-state index contributed by atoms with van der Waals surface area (Å²) in [6.45, 7) is 8.25. The van der Waals surface area contributed by atoms with E-state index in [9.17, 15) is 4.57 Å². The molecule has 0 spiro atoms. The summed E-state index contributed by atoms with van der Waals surface area (Å²) in [5.74, 6) is 1.55. The van der Waals surface area contributed by atoms with Crippen molar-refractivity contribution in [2.75, 3.05) is 39.8 Å². The molecular weight excluding hydrogens is 407 g/mol. The standard InChI is InChI=1S/C22H31O5PS/c1-7-27-28(5,23)15-26-19-10-16(2)20(17(3)11-19)12-18-8-9-21(25-14-24-4)22(13-18)29-6/h8-11,13H,7,12,14-15H2,1-6H3. The molecule has 0 radical (unpaired) electrons. The van der Waals surface area contributed by atoms with Gasteiger partial charge in [0.15, 0.2) is 13.1 Å². The highest BCUT2D eigenvalue weighted by Crippen LogP contribution is 2.42. The Balaban J connectivity index is 2.16. The van der Waals surface area contributed by atoms with E-state index < -0.39 is 7.37 Å². The third kappa shape index (κ3) is 7.07. The molecule has 1 atom stereocenters. The Bertz CT molecular complexity index is 845. The fourth-order valence-corrected chi connectivity index (χ4v) is 4.69. The number of hydrogen-bond donors (Lipinski definition) is 0. The first-order valence-electron chi connectivity index (χ1n) is 9.52. The molecule has 0 aromatic heterocycles. The molecule has 0 saturated carbocycles. The highest BCUT2D eigenvalue weighted by atomic mass is 32.2. The van der Waals surface area contributed by atoms with Crippen LogP contribution in [-0.2, 0) is 20.2 Å². The van der Waals surface area contributed by atoms with Crippen molar-refractivity contribution in [3.8, 4) is 11.5 Å². The van der Waals surface area contributed by atoms with Crippen molar-refractivity contribution in [3.63, 3.8) is 0 Å². The maximum atomic E-state index is 12.3. The molecule has 0 saturated heterocycles. The zero-order chi connectivity index (χ0) is 21.4. The van der Waals surface area contributed by atoms with E-state index in [-0.39, 0.29) is 13.1 Å². The van der Waals surface area contributed by atoms with Gasteiger partial charge in [-0.05, 0) is 80.0 Å². The summed E-state index contributed by atoms with van der Waals surface area (Å²) in [5.41, 5.74) is 4.77. The lowest BCUT2D eigenvalue weighted by Crippen LogP contribution is -2.04. The van der Waals surface area contributed by atoms with Crippen LogP contribution < -0.4 is 9.47 Å². The van der Waals surface area contributed by atoms with Crippen LogP contribution in [0.5, 0.6) is 11.5 Å². The molecule has 0 N–H and O–H groups in total. The van der Waals surface area contributed by atoms with Gasteiger partial charge in [-0.3, -0.25) is 4.57 Å². The second kappa shape index (κ2) is 11.1. The van der Waals surface area contributed by atoms with Crippen LogP contribution in [0.2, 0.25) is 0 Å². The summed E-state index contributed by atoms with van der Waals surface area (Å²) in [7, 11) is -1.11. The summed E-state index contributed by atoms with van der Waals surface area (Å²) in [6.07, 6.45) is 2.94. The molecule has 160 valence electrons. The Morgan fingerprint density at radius 2 is 1.76 bits per heavy atom. The summed E-state index contributed by atoms with van der Waals surface area (Å²) in [4.78, 5) is 1.09. The lowest BCUT2D eigenvalue weighted by molar-refractivity contribution is 0.0491. The van der Waals surface area contributed by atoms with Crippen LogP contribution in [0.15, 0.2) is 35.2 Å². The van der Waals surface area contributed by atoms with E-state index in [1.807, 2.05) is 31.4 Å². The van der Waals surface area contributed by atoms with E-state index in [0.717, 1.165) is 33.9 Å². The van der Waals surface area contributed by atoms with Crippen LogP contribution in [0.3, 0.4) is 0 Å². The normalized spacial score (nSPS) is 13.2. The third-order valence-corrected chi connectivity index (χ3v) is 6.64. The summed E-state index contributed by atoms with van der Waals surface area (Å²) in [6, 6.07) is 10.2. The first kappa shape index (κ1) is 23.8. The summed E-state index contributed by atoms with van der Waals surface area (Å²) >= 11 is 1.66. The van der Waals surface area contributed by atoms with Gasteiger partial charge in [0.1, 0.15) is 11.5 Å². The summed E-state index contributed by atoms with van der Waals surface area (Å²) in [5, 5.41) is 0. The van der Waals surface area contributed by atoms with E-state index in [1.165, 1.54) is 11.1 Å². The number of methoxy groups -OCH3 is 1. The molecule has 2 aromatic carbocycles. The zero-order valence-corrected chi connectivity index (χ0v) is 19.8. The fraction of sp³-hybridized carbons (Fsp3) is 0.455. The highest BCUT2D eigenvalue weighted by Gasteiger charge is 2.17. The Morgan fingerprint density at radius 1 is 1.07 bits per heavy atom. The van der Waals surface area contributed by atoms with Gasteiger partial charge in [-0.15, -0.1) is 11.8 Å². The molecule has 0 amide bonds. The molecule has 2 rings (SSSR count). The molecule has 0 aliphatic heterocycles. The minimum Gasteiger partial charge on any atom is -0.484 e. The monoisotopic (exact) mass is 438 g/mol. The van der Waals surface area contributed by atoms with Gasteiger partial charge in [-0.25, -0.2) is 0 Å². The first-order chi connectivity index (χ1) is 13.8. The highest BCUT2D eigenvalue weighted by molar-refractivity contribution is 7.98. The minimum atomic E-state index is -2.72. The van der Waals surface area contributed by atoms with E-state index in [1.54, 1.807) is 25.5 Å². The van der Waals surface area contributed by atoms with Gasteiger partial charge < -0.3 is 18.7 Å². The Labute approximate surface area is 178 Å². The largest absolute Gasteiger partial charge is 0.484 e. The molecule has 0 heterocycles. The Kier molecular flexibility index (Phi) is 9.09. The molecule has 0 aliphatic rings. The van der Waals surface area contributed by atoms with Gasteiger partial charge in [0.05, 0.1) is 6.61 Å². The van der Waals surface area contributed by atoms with Crippen LogP contribution >= 0.6 is 19.1 Å². The molecule has 7 heteroatoms.